The van der Waals surface area contributed by atoms with Gasteiger partial charge in [-0.1, -0.05) is 47.6 Å². The number of fused-ring (bicyclic) bond motifs is 2. The van der Waals surface area contributed by atoms with Gasteiger partial charge in [-0.2, -0.15) is 0 Å². The van der Waals surface area contributed by atoms with E-state index < -0.39 is 23.9 Å². The van der Waals surface area contributed by atoms with Gasteiger partial charge in [-0.15, -0.1) is 0 Å². The Labute approximate surface area is 172 Å². The molecular formula is C19H13ClN4O4S. The molecule has 3 N–H and O–H groups in total. The summed E-state index contributed by atoms with van der Waals surface area (Å²) < 4.78 is 1.51. The molecule has 0 saturated carbocycles. The first-order valence-corrected chi connectivity index (χ1v) is 9.59. The molecule has 2 aromatic carbocycles. The first-order valence-electron chi connectivity index (χ1n) is 8.40. The van der Waals surface area contributed by atoms with E-state index in [4.69, 9.17) is 16.7 Å². The van der Waals surface area contributed by atoms with E-state index in [1.807, 2.05) is 30.3 Å². The van der Waals surface area contributed by atoms with E-state index in [1.54, 1.807) is 6.07 Å². The van der Waals surface area contributed by atoms with Crippen molar-refractivity contribution in [2.24, 2.45) is 0 Å². The number of pyridine rings is 1. The number of amides is 1. The van der Waals surface area contributed by atoms with Crippen molar-refractivity contribution in [2.45, 2.75) is 9.92 Å². The Morgan fingerprint density at radius 3 is 2.72 bits per heavy atom. The number of carbonyl (C=O) groups excluding carboxylic acids is 1. The maximum atomic E-state index is 12.6. The summed E-state index contributed by atoms with van der Waals surface area (Å²) in [5.74, 6) is -2.01. The summed E-state index contributed by atoms with van der Waals surface area (Å²) in [6.07, 6.45) is 1.35. The zero-order valence-electron chi connectivity index (χ0n) is 14.7. The van der Waals surface area contributed by atoms with Crippen LogP contribution in [0.15, 0.2) is 63.5 Å². The first-order chi connectivity index (χ1) is 14.0. The highest BCUT2D eigenvalue weighted by atomic mass is 35.5. The second kappa shape index (κ2) is 7.61. The van der Waals surface area contributed by atoms with Crippen molar-refractivity contribution in [3.63, 3.8) is 0 Å². The minimum absolute atomic E-state index is 0.112. The number of carboxylic acid groups (broad SMARTS) is 1. The normalized spacial score (nSPS) is 11.1. The average Bonchev–Trinajstić information content (AvgIpc) is 3.18. The van der Waals surface area contributed by atoms with Gasteiger partial charge in [-0.25, -0.2) is 9.50 Å². The molecule has 0 unspecified atom stereocenters. The molecule has 0 spiro atoms. The number of aliphatic carboxylic acids is 1. The molecule has 29 heavy (non-hydrogen) atoms. The number of aromatic nitrogens is 3. The fourth-order valence-electron chi connectivity index (χ4n) is 2.94. The number of carbonyl (C=O) groups is 2. The topological polar surface area (TPSA) is 117 Å². The van der Waals surface area contributed by atoms with Crippen LogP contribution in [0.3, 0.4) is 0 Å². The number of hydrogen-bond donors (Lipinski definition) is 3. The number of nitrogens with zero attached hydrogens (tertiary/aromatic N) is 2. The van der Waals surface area contributed by atoms with Crippen molar-refractivity contribution < 1.29 is 14.7 Å². The Kier molecular flexibility index (Phi) is 4.99. The lowest BCUT2D eigenvalue weighted by Crippen LogP contribution is -2.33. The lowest BCUT2D eigenvalue weighted by atomic mass is 10.1. The summed E-state index contributed by atoms with van der Waals surface area (Å²) >= 11 is 7.60. The van der Waals surface area contributed by atoms with E-state index in [1.165, 1.54) is 28.7 Å². The predicted octanol–water partition coefficient (Wildman–Crippen LogP) is 2.79. The molecule has 4 rings (SSSR count). The van der Waals surface area contributed by atoms with Gasteiger partial charge in [0.05, 0.1) is 0 Å². The van der Waals surface area contributed by atoms with Gasteiger partial charge in [0.1, 0.15) is 23.5 Å². The van der Waals surface area contributed by atoms with Crippen LogP contribution >= 0.6 is 23.4 Å². The van der Waals surface area contributed by atoms with Gasteiger partial charge in [0.2, 0.25) is 0 Å². The van der Waals surface area contributed by atoms with Crippen LogP contribution in [-0.4, -0.2) is 38.1 Å². The fourth-order valence-corrected chi connectivity index (χ4v) is 4.21. The Morgan fingerprint density at radius 2 is 1.97 bits per heavy atom. The summed E-state index contributed by atoms with van der Waals surface area (Å²) in [5, 5.41) is 16.8. The van der Waals surface area contributed by atoms with E-state index >= 15 is 0 Å². The molecule has 10 heteroatoms. The zero-order chi connectivity index (χ0) is 20.5. The minimum atomic E-state index is -1.21. The van der Waals surface area contributed by atoms with Gasteiger partial charge in [0.25, 0.3) is 5.91 Å². The van der Waals surface area contributed by atoms with Crippen LogP contribution in [0.1, 0.15) is 10.4 Å². The molecule has 146 valence electrons. The quantitative estimate of drug-likeness (QED) is 0.450. The standard InChI is InChI=1S/C19H13ClN4O4S/c20-12-5-6-14(11-4-2-1-3-10(11)12)29-15-7-13(25)17(18-22-9-23-24(15)18)19(28)21-8-16(26)27/h1-7,9H,8H2,(H,21,28)(H,22,23)(H,26,27). The molecule has 2 heterocycles. The lowest BCUT2D eigenvalue weighted by Gasteiger charge is -2.10. The molecule has 1 amide bonds. The van der Waals surface area contributed by atoms with Crippen molar-refractivity contribution in [2.75, 3.05) is 6.54 Å². The van der Waals surface area contributed by atoms with Gasteiger partial charge in [-0.3, -0.25) is 19.5 Å². The number of aromatic amines is 1. The summed E-state index contributed by atoms with van der Waals surface area (Å²) in [4.78, 5) is 40.6. The third-order valence-electron chi connectivity index (χ3n) is 4.20. The molecule has 0 radical (unpaired) electrons. The van der Waals surface area contributed by atoms with Crippen molar-refractivity contribution >= 4 is 51.7 Å². The number of nitrogens with one attached hydrogen (secondary N) is 2. The average molecular weight is 429 g/mol. The molecule has 0 fully saturated rings. The van der Waals surface area contributed by atoms with Crippen LogP contribution in [0.4, 0.5) is 0 Å². The Morgan fingerprint density at radius 1 is 1.21 bits per heavy atom. The van der Waals surface area contributed by atoms with E-state index in [2.05, 4.69) is 15.4 Å². The highest BCUT2D eigenvalue weighted by Gasteiger charge is 2.20. The smallest absolute Gasteiger partial charge is 0.322 e. The number of benzene rings is 2. The van der Waals surface area contributed by atoms with Gasteiger partial charge in [0, 0.05) is 21.4 Å². The summed E-state index contributed by atoms with van der Waals surface area (Å²) in [7, 11) is 0. The molecular weight excluding hydrogens is 416 g/mol. The second-order valence-electron chi connectivity index (χ2n) is 6.04. The molecule has 0 aliphatic carbocycles. The molecule has 4 aromatic rings. The minimum Gasteiger partial charge on any atom is -0.480 e. The Hall–Kier alpha value is -3.30. The maximum absolute atomic E-state index is 12.6. The largest absolute Gasteiger partial charge is 0.480 e. The predicted molar refractivity (Wildman–Crippen MR) is 109 cm³/mol. The lowest BCUT2D eigenvalue weighted by molar-refractivity contribution is -0.135. The number of H-pyrrole nitrogens is 1. The molecule has 0 atom stereocenters. The van der Waals surface area contributed by atoms with E-state index in [-0.39, 0.29) is 11.2 Å². The van der Waals surface area contributed by atoms with E-state index in [0.717, 1.165) is 15.7 Å². The van der Waals surface area contributed by atoms with Crippen LogP contribution in [0.25, 0.3) is 16.4 Å². The van der Waals surface area contributed by atoms with Crippen molar-refractivity contribution in [3.8, 4) is 0 Å². The van der Waals surface area contributed by atoms with Crippen LogP contribution in [-0.2, 0) is 4.79 Å². The van der Waals surface area contributed by atoms with E-state index in [9.17, 15) is 14.4 Å². The molecule has 0 saturated heterocycles. The van der Waals surface area contributed by atoms with Gasteiger partial charge in [0.15, 0.2) is 11.1 Å². The summed E-state index contributed by atoms with van der Waals surface area (Å²) in [6.45, 7) is -0.595. The molecule has 0 aliphatic rings. The first kappa shape index (κ1) is 19.0. The third-order valence-corrected chi connectivity index (χ3v) is 5.62. The van der Waals surface area contributed by atoms with Crippen LogP contribution in [0.5, 0.6) is 0 Å². The fraction of sp³-hybridized carbons (Fsp3) is 0.0526. The van der Waals surface area contributed by atoms with Crippen LogP contribution in [0, 0.1) is 0 Å². The third kappa shape index (κ3) is 3.57. The van der Waals surface area contributed by atoms with E-state index in [0.29, 0.717) is 10.0 Å². The SMILES string of the molecule is O=C(O)CNC(=O)c1c(=O)cc(Sc2ccc(Cl)c3ccccc23)n2[nH]cnc12. The monoisotopic (exact) mass is 428 g/mol. The van der Waals surface area contributed by atoms with Gasteiger partial charge < -0.3 is 10.4 Å². The molecule has 2 aromatic heterocycles. The molecule has 0 bridgehead atoms. The zero-order valence-corrected chi connectivity index (χ0v) is 16.3. The summed E-state index contributed by atoms with van der Waals surface area (Å²) in [5.41, 5.74) is -0.667. The number of rotatable bonds is 5. The van der Waals surface area contributed by atoms with Crippen LogP contribution < -0.4 is 10.7 Å². The van der Waals surface area contributed by atoms with Crippen LogP contribution in [0.2, 0.25) is 5.02 Å². The van der Waals surface area contributed by atoms with Crippen molar-refractivity contribution in [3.05, 3.63) is 69.6 Å². The van der Waals surface area contributed by atoms with Crippen molar-refractivity contribution in [1.82, 2.24) is 19.9 Å². The van der Waals surface area contributed by atoms with Gasteiger partial charge in [-0.05, 0) is 17.5 Å². The van der Waals surface area contributed by atoms with Gasteiger partial charge >= 0.3 is 5.97 Å². The number of carboxylic acids is 1. The molecule has 8 nitrogen and oxygen atoms in total. The Balaban J connectivity index is 1.80. The Bertz CT molecular complexity index is 1330. The second-order valence-corrected chi connectivity index (χ2v) is 7.51. The molecule has 0 aliphatic heterocycles. The number of hydrogen-bond acceptors (Lipinski definition) is 5. The summed E-state index contributed by atoms with van der Waals surface area (Å²) in [6, 6.07) is 12.6. The number of halogens is 1. The van der Waals surface area contributed by atoms with Crippen molar-refractivity contribution in [1.29, 1.82) is 0 Å². The highest BCUT2D eigenvalue weighted by Crippen LogP contribution is 2.36. The maximum Gasteiger partial charge on any atom is 0.322 e. The highest BCUT2D eigenvalue weighted by molar-refractivity contribution is 7.99.